The van der Waals surface area contributed by atoms with Gasteiger partial charge in [-0.05, 0) is 60.7 Å². The third kappa shape index (κ3) is 4.68. The molecule has 0 saturated heterocycles. The van der Waals surface area contributed by atoms with Crippen LogP contribution in [0.25, 0.3) is 10.8 Å². The average Bonchev–Trinajstić information content (AvgIpc) is 2.92. The van der Waals surface area contributed by atoms with Gasteiger partial charge in [-0.25, -0.2) is 9.80 Å². The van der Waals surface area contributed by atoms with Gasteiger partial charge >= 0.3 is 0 Å². The van der Waals surface area contributed by atoms with Crippen molar-refractivity contribution in [3.8, 4) is 11.5 Å². The minimum atomic E-state index is -0.584. The van der Waals surface area contributed by atoms with Crippen LogP contribution in [0.1, 0.15) is 52.6 Å². The summed E-state index contributed by atoms with van der Waals surface area (Å²) in [6.07, 6.45) is 0. The van der Waals surface area contributed by atoms with Crippen molar-refractivity contribution < 1.29 is 38.4 Å². The van der Waals surface area contributed by atoms with Crippen molar-refractivity contribution >= 4 is 45.8 Å². The SMILES string of the molecule is C[N+](C)(C)Cc1cc(N2C(=O)c3ccc4c5c(ccc(c35)C2=O)C(=O)N(c2ccc(O)c(C[N+](C)(C)C)c2)C4=O)ccc1O. The van der Waals surface area contributed by atoms with E-state index < -0.39 is 23.6 Å². The monoisotopic (exact) mass is 594 g/mol. The Bertz CT molecular complexity index is 1740. The quantitative estimate of drug-likeness (QED) is 0.255. The van der Waals surface area contributed by atoms with Crippen LogP contribution in [0.15, 0.2) is 60.7 Å². The molecule has 6 rings (SSSR count). The van der Waals surface area contributed by atoms with Gasteiger partial charge in [0, 0.05) is 33.0 Å². The number of hydrogen-bond acceptors (Lipinski definition) is 6. The molecule has 2 heterocycles. The molecule has 0 spiro atoms. The molecule has 0 fully saturated rings. The molecule has 10 heteroatoms. The summed E-state index contributed by atoms with van der Waals surface area (Å²) in [5.74, 6) is -2.20. The van der Waals surface area contributed by atoms with E-state index >= 15 is 0 Å². The molecule has 4 aromatic rings. The molecule has 224 valence electrons. The number of phenols is 2. The number of nitrogens with zero attached hydrogens (tertiary/aromatic N) is 4. The Morgan fingerprint density at radius 3 is 1.07 bits per heavy atom. The van der Waals surface area contributed by atoms with Crippen LogP contribution in [0.5, 0.6) is 11.5 Å². The van der Waals surface area contributed by atoms with E-state index in [-0.39, 0.29) is 44.5 Å². The maximum absolute atomic E-state index is 13.9. The van der Waals surface area contributed by atoms with Crippen molar-refractivity contribution in [2.75, 3.05) is 52.1 Å². The van der Waals surface area contributed by atoms with Crippen LogP contribution in [0.4, 0.5) is 11.4 Å². The van der Waals surface area contributed by atoms with Gasteiger partial charge in [0.2, 0.25) is 0 Å². The van der Waals surface area contributed by atoms with Crippen molar-refractivity contribution in [1.29, 1.82) is 0 Å². The smallest absolute Gasteiger partial charge is 0.265 e. The molecule has 0 saturated carbocycles. The van der Waals surface area contributed by atoms with Crippen LogP contribution in [0.2, 0.25) is 0 Å². The number of benzene rings is 4. The van der Waals surface area contributed by atoms with Gasteiger partial charge in [-0.2, -0.15) is 0 Å². The van der Waals surface area contributed by atoms with Crippen molar-refractivity contribution in [1.82, 2.24) is 0 Å². The fourth-order valence-corrected chi connectivity index (χ4v) is 6.04. The first-order valence-corrected chi connectivity index (χ1v) is 14.2. The lowest BCUT2D eigenvalue weighted by Crippen LogP contribution is -2.43. The van der Waals surface area contributed by atoms with Crippen LogP contribution in [0.3, 0.4) is 0 Å². The number of rotatable bonds is 6. The molecular weight excluding hydrogens is 560 g/mol. The first-order chi connectivity index (χ1) is 20.6. The summed E-state index contributed by atoms with van der Waals surface area (Å²) in [5.41, 5.74) is 2.60. The highest BCUT2D eigenvalue weighted by molar-refractivity contribution is 6.42. The Kier molecular flexibility index (Phi) is 6.42. The predicted octanol–water partition coefficient (Wildman–Crippen LogP) is 4.26. The molecule has 0 bridgehead atoms. The first-order valence-electron chi connectivity index (χ1n) is 14.2. The van der Waals surface area contributed by atoms with Gasteiger partial charge in [0.25, 0.3) is 23.6 Å². The Labute approximate surface area is 254 Å². The summed E-state index contributed by atoms with van der Waals surface area (Å²) in [7, 11) is 11.8. The standard InChI is InChI=1S/C34H32N4O6/c1-37(2,3)17-19-15-21(7-13-27(19)39)35-31(41)23-9-11-25-30-26(12-10-24(29(23)30)32(35)42)34(44)36(33(25)43)22-8-14-28(40)20(16-22)18-38(4,5)6/h7-16H,17-18H2,1-6H3/p+2. The van der Waals surface area contributed by atoms with E-state index in [1.165, 1.54) is 48.5 Å². The van der Waals surface area contributed by atoms with Gasteiger partial charge in [0.1, 0.15) is 24.6 Å². The van der Waals surface area contributed by atoms with Gasteiger partial charge in [0.15, 0.2) is 0 Å². The second-order valence-corrected chi connectivity index (χ2v) is 13.5. The second kappa shape index (κ2) is 9.73. The number of phenolic OH excluding ortho intramolecular Hbond substituents is 2. The highest BCUT2D eigenvalue weighted by atomic mass is 16.3. The van der Waals surface area contributed by atoms with E-state index in [9.17, 15) is 29.4 Å². The van der Waals surface area contributed by atoms with Crippen LogP contribution in [0, 0.1) is 0 Å². The minimum Gasteiger partial charge on any atom is -0.507 e. The number of amides is 4. The van der Waals surface area contributed by atoms with Crippen LogP contribution in [-0.4, -0.2) is 85.1 Å². The Hall–Kier alpha value is -5.06. The second-order valence-electron chi connectivity index (χ2n) is 13.5. The Morgan fingerprint density at radius 1 is 0.500 bits per heavy atom. The van der Waals surface area contributed by atoms with Gasteiger partial charge in [-0.15, -0.1) is 0 Å². The molecule has 10 nitrogen and oxygen atoms in total. The van der Waals surface area contributed by atoms with Crippen LogP contribution < -0.4 is 9.80 Å². The molecule has 44 heavy (non-hydrogen) atoms. The number of carbonyl (C=O) groups excluding carboxylic acids is 4. The lowest BCUT2D eigenvalue weighted by molar-refractivity contribution is -0.884. The zero-order valence-electron chi connectivity index (χ0n) is 25.5. The zero-order valence-corrected chi connectivity index (χ0v) is 25.5. The Balaban J connectivity index is 1.45. The third-order valence-electron chi connectivity index (χ3n) is 7.83. The molecule has 2 aliphatic heterocycles. The summed E-state index contributed by atoms with van der Waals surface area (Å²) >= 11 is 0. The van der Waals surface area contributed by atoms with Gasteiger partial charge in [-0.3, -0.25) is 19.2 Å². The predicted molar refractivity (Wildman–Crippen MR) is 166 cm³/mol. The molecule has 0 aromatic heterocycles. The van der Waals surface area contributed by atoms with E-state index in [0.717, 1.165) is 9.80 Å². The Morgan fingerprint density at radius 2 is 0.795 bits per heavy atom. The van der Waals surface area contributed by atoms with Gasteiger partial charge in [-0.1, -0.05) is 0 Å². The molecular formula is C34H34N4O6+2. The molecule has 4 aromatic carbocycles. The van der Waals surface area contributed by atoms with Gasteiger partial charge < -0.3 is 19.2 Å². The minimum absolute atomic E-state index is 0.0671. The fourth-order valence-electron chi connectivity index (χ4n) is 6.04. The fraction of sp³-hybridized carbons (Fsp3) is 0.235. The first kappa shape index (κ1) is 29.0. The summed E-state index contributed by atoms with van der Waals surface area (Å²) in [6, 6.07) is 15.3. The molecule has 0 atom stereocenters. The number of imide groups is 2. The van der Waals surface area contributed by atoms with Gasteiger partial charge in [0.05, 0.1) is 64.8 Å². The molecule has 4 amide bonds. The normalized spacial score (nSPS) is 15.0. The summed E-state index contributed by atoms with van der Waals surface area (Å²) in [4.78, 5) is 57.7. The lowest BCUT2D eigenvalue weighted by atomic mass is 9.85. The number of anilines is 2. The lowest BCUT2D eigenvalue weighted by Gasteiger charge is -2.32. The summed E-state index contributed by atoms with van der Waals surface area (Å²) in [6.45, 7) is 0.931. The van der Waals surface area contributed by atoms with Crippen molar-refractivity contribution in [2.24, 2.45) is 0 Å². The number of quaternary nitrogens is 2. The number of hydrogen-bond donors (Lipinski definition) is 2. The maximum atomic E-state index is 13.9. The highest BCUT2D eigenvalue weighted by Crippen LogP contribution is 2.41. The average molecular weight is 595 g/mol. The van der Waals surface area contributed by atoms with E-state index in [2.05, 4.69) is 0 Å². The summed E-state index contributed by atoms with van der Waals surface area (Å²) in [5, 5.41) is 21.5. The molecule has 0 aliphatic carbocycles. The third-order valence-corrected chi connectivity index (χ3v) is 7.83. The topological polar surface area (TPSA) is 115 Å². The van der Waals surface area contributed by atoms with E-state index in [4.69, 9.17) is 0 Å². The van der Waals surface area contributed by atoms with E-state index in [1.54, 1.807) is 12.1 Å². The largest absolute Gasteiger partial charge is 0.507 e. The zero-order chi connectivity index (χ0) is 31.9. The molecule has 0 radical (unpaired) electrons. The van der Waals surface area contributed by atoms with Crippen LogP contribution in [-0.2, 0) is 13.1 Å². The molecule has 2 N–H and O–H groups in total. The van der Waals surface area contributed by atoms with E-state index in [1.807, 2.05) is 42.3 Å². The van der Waals surface area contributed by atoms with Crippen LogP contribution >= 0.6 is 0 Å². The van der Waals surface area contributed by atoms with Crippen molar-refractivity contribution in [3.05, 3.63) is 94.0 Å². The number of aromatic hydroxyl groups is 2. The highest BCUT2D eigenvalue weighted by Gasteiger charge is 2.41. The maximum Gasteiger partial charge on any atom is 0.265 e. The molecule has 0 unspecified atom stereocenters. The van der Waals surface area contributed by atoms with Crippen molar-refractivity contribution in [3.63, 3.8) is 0 Å². The van der Waals surface area contributed by atoms with E-state index in [0.29, 0.717) is 44.6 Å². The van der Waals surface area contributed by atoms with Crippen molar-refractivity contribution in [2.45, 2.75) is 13.1 Å². The summed E-state index contributed by atoms with van der Waals surface area (Å²) < 4.78 is 1.04. The molecule has 2 aliphatic rings. The number of carbonyl (C=O) groups is 4.